The van der Waals surface area contributed by atoms with Crippen LogP contribution in [0, 0.1) is 17.8 Å². The Kier molecular flexibility index (Phi) is 4.38. The van der Waals surface area contributed by atoms with E-state index in [1.165, 1.54) is 63.7 Å². The second-order valence-electron chi connectivity index (χ2n) is 9.69. The van der Waals surface area contributed by atoms with Crippen LogP contribution < -0.4 is 5.32 Å². The van der Waals surface area contributed by atoms with Crippen molar-refractivity contribution < 1.29 is 0 Å². The van der Waals surface area contributed by atoms with Gasteiger partial charge in [0.05, 0.1) is 0 Å². The van der Waals surface area contributed by atoms with Gasteiger partial charge in [0.15, 0.2) is 0 Å². The maximum atomic E-state index is 4.23. The monoisotopic (exact) mass is 338 g/mol. The fraction of sp³-hybridized carbons (Fsp3) is 0.739. The summed E-state index contributed by atoms with van der Waals surface area (Å²) in [7, 11) is 0. The van der Waals surface area contributed by atoms with Crippen molar-refractivity contribution in [3.63, 3.8) is 0 Å². The highest BCUT2D eigenvalue weighted by Gasteiger charge is 2.51. The summed E-state index contributed by atoms with van der Waals surface area (Å²) in [6.07, 6.45) is 13.1. The van der Waals surface area contributed by atoms with Crippen molar-refractivity contribution in [1.82, 2.24) is 10.2 Å². The van der Waals surface area contributed by atoms with E-state index in [-0.39, 0.29) is 0 Å². The van der Waals surface area contributed by atoms with Crippen LogP contribution in [0.4, 0.5) is 0 Å². The van der Waals surface area contributed by atoms with Crippen molar-refractivity contribution in [3.05, 3.63) is 35.9 Å². The highest BCUT2D eigenvalue weighted by molar-refractivity contribution is 5.15. The number of likely N-dealkylation sites (tertiary alicyclic amines) is 1. The van der Waals surface area contributed by atoms with Gasteiger partial charge in [-0.05, 0) is 94.2 Å². The lowest BCUT2D eigenvalue weighted by molar-refractivity contribution is -0.0289. The first-order chi connectivity index (χ1) is 12.3. The Morgan fingerprint density at radius 1 is 0.880 bits per heavy atom. The van der Waals surface area contributed by atoms with E-state index < -0.39 is 0 Å². The molecule has 5 aliphatic rings. The standard InChI is InChI=1S/C23H34N2/c1-2-4-18(5-3-1)6-9-25-10-7-22(8-11-25)24-23-15-19-12-20(16-23)14-21(13-19)17-23/h1-5,19-22,24H,6-17H2. The molecule has 2 heteroatoms. The van der Waals surface area contributed by atoms with Gasteiger partial charge in [0.2, 0.25) is 0 Å². The predicted octanol–water partition coefficient (Wildman–Crippen LogP) is 4.25. The van der Waals surface area contributed by atoms with Crippen molar-refractivity contribution >= 4 is 0 Å². The van der Waals surface area contributed by atoms with Crippen LogP contribution in [0.5, 0.6) is 0 Å². The SMILES string of the molecule is c1ccc(CCN2CCC(NC34CC5CC(CC(C5)C3)C4)CC2)cc1. The summed E-state index contributed by atoms with van der Waals surface area (Å²) in [5, 5.41) is 4.23. The maximum Gasteiger partial charge on any atom is 0.0192 e. The zero-order chi connectivity index (χ0) is 16.7. The molecule has 136 valence electrons. The highest BCUT2D eigenvalue weighted by atomic mass is 15.1. The lowest BCUT2D eigenvalue weighted by Gasteiger charge is -2.58. The minimum atomic E-state index is 0.547. The number of nitrogens with zero attached hydrogens (tertiary/aromatic N) is 1. The minimum Gasteiger partial charge on any atom is -0.308 e. The van der Waals surface area contributed by atoms with E-state index in [1.807, 2.05) is 0 Å². The Balaban J connectivity index is 1.11. The van der Waals surface area contributed by atoms with Gasteiger partial charge in [0.25, 0.3) is 0 Å². The van der Waals surface area contributed by atoms with Crippen LogP contribution in [0.2, 0.25) is 0 Å². The maximum absolute atomic E-state index is 4.23. The number of nitrogens with one attached hydrogen (secondary N) is 1. The van der Waals surface area contributed by atoms with Crippen LogP contribution in [0.1, 0.15) is 56.9 Å². The summed E-state index contributed by atoms with van der Waals surface area (Å²) in [6.45, 7) is 3.81. The smallest absolute Gasteiger partial charge is 0.0192 e. The van der Waals surface area contributed by atoms with Gasteiger partial charge in [-0.2, -0.15) is 0 Å². The van der Waals surface area contributed by atoms with E-state index in [0.717, 1.165) is 23.8 Å². The molecule has 1 saturated heterocycles. The molecule has 0 unspecified atom stereocenters. The van der Waals surface area contributed by atoms with E-state index in [9.17, 15) is 0 Å². The van der Waals surface area contributed by atoms with Gasteiger partial charge in [0.1, 0.15) is 0 Å². The van der Waals surface area contributed by atoms with Crippen molar-refractivity contribution in [1.29, 1.82) is 0 Å². The molecule has 0 amide bonds. The molecule has 1 aromatic rings. The van der Waals surface area contributed by atoms with Crippen LogP contribution in [-0.2, 0) is 6.42 Å². The quantitative estimate of drug-likeness (QED) is 0.863. The van der Waals surface area contributed by atoms with E-state index in [1.54, 1.807) is 19.3 Å². The van der Waals surface area contributed by atoms with Crippen LogP contribution in [-0.4, -0.2) is 36.1 Å². The third-order valence-electron chi connectivity index (χ3n) is 7.70. The predicted molar refractivity (Wildman–Crippen MR) is 104 cm³/mol. The summed E-state index contributed by atoms with van der Waals surface area (Å²) < 4.78 is 0. The van der Waals surface area contributed by atoms with Crippen molar-refractivity contribution in [2.75, 3.05) is 19.6 Å². The molecule has 4 aliphatic carbocycles. The Hall–Kier alpha value is -0.860. The van der Waals surface area contributed by atoms with Crippen LogP contribution in [0.25, 0.3) is 0 Å². The first-order valence-corrected chi connectivity index (χ1v) is 10.8. The Bertz CT molecular complexity index is 538. The molecule has 4 bridgehead atoms. The highest BCUT2D eigenvalue weighted by Crippen LogP contribution is 2.55. The number of piperidine rings is 1. The molecule has 0 radical (unpaired) electrons. The van der Waals surface area contributed by atoms with E-state index >= 15 is 0 Å². The van der Waals surface area contributed by atoms with Crippen LogP contribution >= 0.6 is 0 Å². The molecule has 5 fully saturated rings. The van der Waals surface area contributed by atoms with Gasteiger partial charge in [-0.3, -0.25) is 0 Å². The Morgan fingerprint density at radius 2 is 1.48 bits per heavy atom. The second-order valence-corrected chi connectivity index (χ2v) is 9.69. The van der Waals surface area contributed by atoms with Gasteiger partial charge in [-0.1, -0.05) is 30.3 Å². The summed E-state index contributed by atoms with van der Waals surface area (Å²) in [6, 6.07) is 11.8. The second kappa shape index (κ2) is 6.70. The molecule has 4 saturated carbocycles. The zero-order valence-corrected chi connectivity index (χ0v) is 15.6. The van der Waals surface area contributed by atoms with E-state index in [0.29, 0.717) is 5.54 Å². The minimum absolute atomic E-state index is 0.547. The third kappa shape index (κ3) is 3.53. The summed E-state index contributed by atoms with van der Waals surface area (Å²) in [5.74, 6) is 3.18. The molecule has 1 aliphatic heterocycles. The Morgan fingerprint density at radius 3 is 2.08 bits per heavy atom. The Labute approximate surface area is 153 Å². The van der Waals surface area contributed by atoms with Gasteiger partial charge in [-0.15, -0.1) is 0 Å². The lowest BCUT2D eigenvalue weighted by atomic mass is 9.53. The molecule has 1 heterocycles. The number of hydrogen-bond donors (Lipinski definition) is 1. The molecular formula is C23H34N2. The fourth-order valence-corrected chi connectivity index (χ4v) is 6.95. The molecular weight excluding hydrogens is 304 g/mol. The molecule has 0 spiro atoms. The van der Waals surface area contributed by atoms with Gasteiger partial charge in [-0.25, -0.2) is 0 Å². The molecule has 2 nitrogen and oxygen atoms in total. The fourth-order valence-electron chi connectivity index (χ4n) is 6.95. The van der Waals surface area contributed by atoms with Crippen LogP contribution in [0.3, 0.4) is 0 Å². The molecule has 1 N–H and O–H groups in total. The summed E-state index contributed by atoms with van der Waals surface area (Å²) in [5.41, 5.74) is 2.03. The molecule has 0 aromatic heterocycles. The van der Waals surface area contributed by atoms with Crippen molar-refractivity contribution in [2.45, 2.75) is 69.4 Å². The van der Waals surface area contributed by atoms with E-state index in [4.69, 9.17) is 0 Å². The van der Waals surface area contributed by atoms with Gasteiger partial charge < -0.3 is 10.2 Å². The lowest BCUT2D eigenvalue weighted by Crippen LogP contribution is -2.62. The largest absolute Gasteiger partial charge is 0.308 e. The summed E-state index contributed by atoms with van der Waals surface area (Å²) >= 11 is 0. The normalized spacial score (nSPS) is 38.3. The molecule has 6 rings (SSSR count). The molecule has 1 aromatic carbocycles. The average molecular weight is 339 g/mol. The van der Waals surface area contributed by atoms with E-state index in [2.05, 4.69) is 40.5 Å². The first-order valence-electron chi connectivity index (χ1n) is 10.8. The van der Waals surface area contributed by atoms with Crippen molar-refractivity contribution in [3.8, 4) is 0 Å². The molecule has 25 heavy (non-hydrogen) atoms. The topological polar surface area (TPSA) is 15.3 Å². The molecule has 0 atom stereocenters. The van der Waals surface area contributed by atoms with Gasteiger partial charge >= 0.3 is 0 Å². The number of benzene rings is 1. The van der Waals surface area contributed by atoms with Crippen LogP contribution in [0.15, 0.2) is 30.3 Å². The summed E-state index contributed by atoms with van der Waals surface area (Å²) in [4.78, 5) is 2.69. The average Bonchev–Trinajstić information content (AvgIpc) is 2.60. The van der Waals surface area contributed by atoms with Gasteiger partial charge in [0, 0.05) is 18.1 Å². The number of hydrogen-bond acceptors (Lipinski definition) is 2. The number of rotatable bonds is 5. The third-order valence-corrected chi connectivity index (χ3v) is 7.70. The van der Waals surface area contributed by atoms with Crippen molar-refractivity contribution in [2.24, 2.45) is 17.8 Å². The zero-order valence-electron chi connectivity index (χ0n) is 15.6. The first kappa shape index (κ1) is 16.3.